The van der Waals surface area contributed by atoms with E-state index in [0.717, 1.165) is 29.3 Å². The molecule has 0 fully saturated rings. The molecule has 1 N–H and O–H groups in total. The van der Waals surface area contributed by atoms with Crippen molar-refractivity contribution in [2.45, 2.75) is 13.8 Å². The van der Waals surface area contributed by atoms with E-state index in [1.807, 2.05) is 13.0 Å². The molecule has 0 aliphatic heterocycles. The van der Waals surface area contributed by atoms with Crippen molar-refractivity contribution in [1.29, 1.82) is 0 Å². The number of non-ortho nitro benzene ring substituents is 1. The molecule has 31 heavy (non-hydrogen) atoms. The summed E-state index contributed by atoms with van der Waals surface area (Å²) in [4.78, 5) is 48.0. The maximum Gasteiger partial charge on any atom is 0.348 e. The quantitative estimate of drug-likeness (QED) is 0.283. The van der Waals surface area contributed by atoms with Crippen molar-refractivity contribution in [3.63, 3.8) is 0 Å². The van der Waals surface area contributed by atoms with Gasteiger partial charge in [-0.1, -0.05) is 35.4 Å². The SMILES string of the molecule is Cc1cccc(C(=O)Nc2cc([N+](=O)[O-])ccc2C(=O)OC(=O)c2cccc(C)c2)c1. The van der Waals surface area contributed by atoms with E-state index in [2.05, 4.69) is 5.32 Å². The Balaban J connectivity index is 1.90. The maximum absolute atomic E-state index is 12.6. The van der Waals surface area contributed by atoms with Crippen molar-refractivity contribution >= 4 is 29.2 Å². The Kier molecular flexibility index (Phi) is 6.21. The van der Waals surface area contributed by atoms with Crippen LogP contribution in [-0.4, -0.2) is 22.8 Å². The Morgan fingerprint density at radius 1 is 0.839 bits per heavy atom. The molecule has 0 atom stereocenters. The summed E-state index contributed by atoms with van der Waals surface area (Å²) >= 11 is 0. The second-order valence-electron chi connectivity index (χ2n) is 6.86. The van der Waals surface area contributed by atoms with Gasteiger partial charge in [0.1, 0.15) is 0 Å². The van der Waals surface area contributed by atoms with Crippen LogP contribution in [0.1, 0.15) is 42.2 Å². The number of nitrogens with zero attached hydrogens (tertiary/aromatic N) is 1. The largest absolute Gasteiger partial charge is 0.386 e. The fraction of sp³-hybridized carbons (Fsp3) is 0.0870. The Bertz CT molecular complexity index is 1200. The monoisotopic (exact) mass is 418 g/mol. The zero-order valence-corrected chi connectivity index (χ0v) is 16.7. The summed E-state index contributed by atoms with van der Waals surface area (Å²) in [5, 5.41) is 13.6. The van der Waals surface area contributed by atoms with Crippen molar-refractivity contribution in [2.75, 3.05) is 5.32 Å². The Labute approximate surface area is 177 Å². The molecule has 1 amide bonds. The van der Waals surface area contributed by atoms with Gasteiger partial charge in [-0.15, -0.1) is 0 Å². The lowest BCUT2D eigenvalue weighted by Crippen LogP contribution is -2.18. The minimum absolute atomic E-state index is 0.136. The smallest absolute Gasteiger partial charge is 0.348 e. The Hall–Kier alpha value is -4.33. The summed E-state index contributed by atoms with van der Waals surface area (Å²) < 4.78 is 4.93. The first-order valence-corrected chi connectivity index (χ1v) is 9.24. The number of hydrogen-bond acceptors (Lipinski definition) is 6. The minimum Gasteiger partial charge on any atom is -0.386 e. The van der Waals surface area contributed by atoms with Gasteiger partial charge in [0.25, 0.3) is 11.6 Å². The average molecular weight is 418 g/mol. The predicted molar refractivity (Wildman–Crippen MR) is 113 cm³/mol. The molecule has 0 aliphatic carbocycles. The molecule has 0 heterocycles. The van der Waals surface area contributed by atoms with Crippen LogP contribution in [0.2, 0.25) is 0 Å². The molecule has 0 bridgehead atoms. The number of rotatable bonds is 5. The summed E-state index contributed by atoms with van der Waals surface area (Å²) in [7, 11) is 0. The molecule has 0 saturated carbocycles. The number of nitrogens with one attached hydrogen (secondary N) is 1. The molecule has 0 radical (unpaired) electrons. The third kappa shape index (κ3) is 5.18. The molecule has 0 spiro atoms. The highest BCUT2D eigenvalue weighted by atomic mass is 16.6. The highest BCUT2D eigenvalue weighted by Gasteiger charge is 2.22. The Morgan fingerprint density at radius 2 is 1.45 bits per heavy atom. The number of nitro groups is 1. The van der Waals surface area contributed by atoms with Crippen molar-refractivity contribution in [1.82, 2.24) is 0 Å². The van der Waals surface area contributed by atoms with Crippen LogP contribution in [0, 0.1) is 24.0 Å². The number of ether oxygens (including phenoxy) is 1. The highest BCUT2D eigenvalue weighted by molar-refractivity contribution is 6.10. The second kappa shape index (κ2) is 9.00. The molecule has 156 valence electrons. The van der Waals surface area contributed by atoms with Gasteiger partial charge in [0.15, 0.2) is 0 Å². The molecule has 3 rings (SSSR count). The van der Waals surface area contributed by atoms with Crippen LogP contribution >= 0.6 is 0 Å². The van der Waals surface area contributed by atoms with E-state index in [1.165, 1.54) is 6.07 Å². The molecular formula is C23H18N2O6. The van der Waals surface area contributed by atoms with E-state index < -0.39 is 22.8 Å². The van der Waals surface area contributed by atoms with Gasteiger partial charge in [-0.2, -0.15) is 0 Å². The fourth-order valence-electron chi connectivity index (χ4n) is 2.88. The lowest BCUT2D eigenvalue weighted by Gasteiger charge is -2.11. The first-order chi connectivity index (χ1) is 14.7. The van der Waals surface area contributed by atoms with Gasteiger partial charge in [-0.05, 0) is 44.2 Å². The summed E-state index contributed by atoms with van der Waals surface area (Å²) in [5.41, 5.74) is 1.48. The normalized spacial score (nSPS) is 10.3. The van der Waals surface area contributed by atoms with Crippen molar-refractivity contribution in [2.24, 2.45) is 0 Å². The van der Waals surface area contributed by atoms with Gasteiger partial charge in [0.05, 0.1) is 21.7 Å². The van der Waals surface area contributed by atoms with E-state index in [9.17, 15) is 24.5 Å². The number of carbonyl (C=O) groups excluding carboxylic acids is 3. The third-order valence-electron chi connectivity index (χ3n) is 4.40. The van der Waals surface area contributed by atoms with Crippen molar-refractivity contribution in [3.8, 4) is 0 Å². The molecule has 0 aliphatic rings. The van der Waals surface area contributed by atoms with Crippen LogP contribution in [0.3, 0.4) is 0 Å². The summed E-state index contributed by atoms with van der Waals surface area (Å²) in [6, 6.07) is 16.5. The molecule has 0 saturated heterocycles. The molecule has 0 aromatic heterocycles. The van der Waals surface area contributed by atoms with Crippen LogP contribution in [-0.2, 0) is 4.74 Å². The summed E-state index contributed by atoms with van der Waals surface area (Å²) in [6.07, 6.45) is 0. The number of aryl methyl sites for hydroxylation is 2. The second-order valence-corrected chi connectivity index (χ2v) is 6.86. The minimum atomic E-state index is -1.04. The molecule has 3 aromatic rings. The number of amides is 1. The van der Waals surface area contributed by atoms with E-state index in [0.29, 0.717) is 5.56 Å². The summed E-state index contributed by atoms with van der Waals surface area (Å²) in [5.74, 6) is -2.48. The lowest BCUT2D eigenvalue weighted by atomic mass is 10.1. The first-order valence-electron chi connectivity index (χ1n) is 9.24. The number of nitro benzene ring substituents is 1. The topological polar surface area (TPSA) is 116 Å². The predicted octanol–water partition coefficient (Wildman–Crippen LogP) is 4.46. The van der Waals surface area contributed by atoms with Crippen molar-refractivity contribution < 1.29 is 24.0 Å². The van der Waals surface area contributed by atoms with Gasteiger partial charge in [-0.3, -0.25) is 14.9 Å². The average Bonchev–Trinajstić information content (AvgIpc) is 2.73. The van der Waals surface area contributed by atoms with E-state index >= 15 is 0 Å². The molecule has 8 heteroatoms. The van der Waals surface area contributed by atoms with E-state index in [-0.39, 0.29) is 22.5 Å². The van der Waals surface area contributed by atoms with Crippen LogP contribution in [0.4, 0.5) is 11.4 Å². The van der Waals surface area contributed by atoms with Crippen LogP contribution in [0.25, 0.3) is 0 Å². The van der Waals surface area contributed by atoms with Crippen LogP contribution in [0.5, 0.6) is 0 Å². The zero-order valence-electron chi connectivity index (χ0n) is 16.7. The van der Waals surface area contributed by atoms with Gasteiger partial charge in [0.2, 0.25) is 0 Å². The number of anilines is 1. The van der Waals surface area contributed by atoms with E-state index in [4.69, 9.17) is 4.74 Å². The van der Waals surface area contributed by atoms with Gasteiger partial charge < -0.3 is 10.1 Å². The fourth-order valence-corrected chi connectivity index (χ4v) is 2.88. The number of esters is 2. The van der Waals surface area contributed by atoms with Crippen LogP contribution < -0.4 is 5.32 Å². The molecular weight excluding hydrogens is 400 g/mol. The summed E-state index contributed by atoms with van der Waals surface area (Å²) in [6.45, 7) is 3.59. The third-order valence-corrected chi connectivity index (χ3v) is 4.40. The van der Waals surface area contributed by atoms with Crippen molar-refractivity contribution in [3.05, 3.63) is 105 Å². The molecule has 3 aromatic carbocycles. The zero-order chi connectivity index (χ0) is 22.5. The number of benzene rings is 3. The number of carbonyl (C=O) groups is 3. The lowest BCUT2D eigenvalue weighted by molar-refractivity contribution is -0.384. The molecule has 0 unspecified atom stereocenters. The Morgan fingerprint density at radius 3 is 2.06 bits per heavy atom. The molecule has 8 nitrogen and oxygen atoms in total. The van der Waals surface area contributed by atoms with Gasteiger partial charge in [0, 0.05) is 17.7 Å². The van der Waals surface area contributed by atoms with Gasteiger partial charge >= 0.3 is 11.9 Å². The van der Waals surface area contributed by atoms with Gasteiger partial charge in [-0.25, -0.2) is 9.59 Å². The number of hydrogen-bond donors (Lipinski definition) is 1. The van der Waals surface area contributed by atoms with E-state index in [1.54, 1.807) is 43.3 Å². The standard InChI is InChI=1S/C23H18N2O6/c1-14-5-3-7-16(11-14)21(26)24-20-13-18(25(29)30)9-10-19(20)23(28)31-22(27)17-8-4-6-15(2)12-17/h3-13H,1-2H3,(H,24,26). The van der Waals surface area contributed by atoms with Crippen LogP contribution in [0.15, 0.2) is 66.7 Å². The highest BCUT2D eigenvalue weighted by Crippen LogP contribution is 2.25. The maximum atomic E-state index is 12.6. The first kappa shape index (κ1) is 21.4.